The fourth-order valence-electron chi connectivity index (χ4n) is 9.83. The van der Waals surface area contributed by atoms with Crippen LogP contribution in [0.5, 0.6) is 11.5 Å². The van der Waals surface area contributed by atoms with Crippen LogP contribution >= 0.6 is 0 Å². The molecule has 0 radical (unpaired) electrons. The number of likely N-dealkylation sites (tertiary alicyclic amines) is 2. The van der Waals surface area contributed by atoms with E-state index in [1.807, 2.05) is 53.2 Å². The topological polar surface area (TPSA) is 170 Å². The molecule has 5 saturated heterocycles. The summed E-state index contributed by atoms with van der Waals surface area (Å²) < 4.78 is 12.6. The summed E-state index contributed by atoms with van der Waals surface area (Å²) in [5, 5.41) is 21.4. The van der Waals surface area contributed by atoms with Gasteiger partial charge >= 0.3 is 0 Å². The van der Waals surface area contributed by atoms with Crippen molar-refractivity contribution in [2.45, 2.75) is 68.7 Å². The highest BCUT2D eigenvalue weighted by Gasteiger charge is 2.40. The van der Waals surface area contributed by atoms with Crippen molar-refractivity contribution in [3.63, 3.8) is 0 Å². The summed E-state index contributed by atoms with van der Waals surface area (Å²) in [7, 11) is 1.92. The highest BCUT2D eigenvalue weighted by atomic mass is 16.5. The minimum absolute atomic E-state index is 0.0277. The molecule has 1 aromatic heterocycles. The fourth-order valence-corrected chi connectivity index (χ4v) is 9.83. The van der Waals surface area contributed by atoms with Crippen LogP contribution in [0.15, 0.2) is 78.9 Å². The summed E-state index contributed by atoms with van der Waals surface area (Å²) in [6, 6.07) is 25.5. The van der Waals surface area contributed by atoms with Gasteiger partial charge in [0.1, 0.15) is 23.6 Å². The number of aromatic hydroxyl groups is 1. The van der Waals surface area contributed by atoms with E-state index in [1.165, 1.54) is 5.56 Å². The first-order chi connectivity index (χ1) is 29.7. The predicted molar refractivity (Wildman–Crippen MR) is 233 cm³/mol. The normalized spacial score (nSPS) is 22.8. The molecule has 5 aliphatic rings. The zero-order chi connectivity index (χ0) is 42.0. The summed E-state index contributed by atoms with van der Waals surface area (Å²) >= 11 is 0. The number of fused-ring (bicyclic) bond motifs is 2. The van der Waals surface area contributed by atoms with Crippen LogP contribution in [0.25, 0.3) is 11.3 Å². The number of anilines is 4. The average Bonchev–Trinajstić information content (AvgIpc) is 3.27. The smallest absolute Gasteiger partial charge is 0.249 e. The van der Waals surface area contributed by atoms with E-state index in [0.717, 1.165) is 61.6 Å². The van der Waals surface area contributed by atoms with Crippen molar-refractivity contribution < 1.29 is 29.0 Å². The van der Waals surface area contributed by atoms with E-state index in [9.17, 15) is 19.5 Å². The van der Waals surface area contributed by atoms with Gasteiger partial charge in [0.2, 0.25) is 17.7 Å². The molecule has 320 valence electrons. The number of nitrogen functional groups attached to an aromatic ring is 1. The zero-order valence-electron chi connectivity index (χ0n) is 34.7. The number of phenols is 1. The van der Waals surface area contributed by atoms with Gasteiger partial charge in [-0.05, 0) is 86.3 Å². The van der Waals surface area contributed by atoms with E-state index in [0.29, 0.717) is 81.8 Å². The second-order valence-corrected chi connectivity index (χ2v) is 17.1. The van der Waals surface area contributed by atoms with Crippen LogP contribution in [-0.4, -0.2) is 133 Å². The lowest BCUT2D eigenvalue weighted by atomic mass is 9.89. The van der Waals surface area contributed by atoms with Gasteiger partial charge in [0.25, 0.3) is 0 Å². The second kappa shape index (κ2) is 17.6. The maximum absolute atomic E-state index is 13.5. The fraction of sp³-hybridized carbons (Fsp3) is 0.457. The molecule has 0 aliphatic carbocycles. The maximum atomic E-state index is 13.5. The van der Waals surface area contributed by atoms with Crippen LogP contribution in [0.3, 0.4) is 0 Å². The van der Waals surface area contributed by atoms with Crippen LogP contribution < -0.4 is 30.5 Å². The minimum atomic E-state index is -0.356. The van der Waals surface area contributed by atoms with Crippen LogP contribution in [-0.2, 0) is 19.1 Å². The minimum Gasteiger partial charge on any atom is -0.507 e. The Labute approximate surface area is 356 Å². The van der Waals surface area contributed by atoms with Crippen LogP contribution in [0.1, 0.15) is 50.0 Å². The number of hydrogen-bond acceptors (Lipinski definition) is 13. The number of hydrogen-bond donors (Lipinski definition) is 3. The van der Waals surface area contributed by atoms with Crippen molar-refractivity contribution in [2.75, 3.05) is 86.5 Å². The number of amides is 3. The Balaban J connectivity index is 0.751. The van der Waals surface area contributed by atoms with Gasteiger partial charge in [0.05, 0.1) is 43.2 Å². The lowest BCUT2D eigenvalue weighted by molar-refractivity contribution is -0.135. The van der Waals surface area contributed by atoms with Gasteiger partial charge in [-0.3, -0.25) is 24.6 Å². The van der Waals surface area contributed by atoms with Crippen LogP contribution in [0.2, 0.25) is 0 Å². The number of benzene rings is 3. The Kier molecular flexibility index (Phi) is 11.7. The summed E-state index contributed by atoms with van der Waals surface area (Å²) in [6.45, 7) is 6.02. The molecule has 9 rings (SSSR count). The number of phenolic OH excluding ortho intramolecular Hbond substituents is 1. The highest BCUT2D eigenvalue weighted by molar-refractivity contribution is 6.01. The highest BCUT2D eigenvalue weighted by Crippen LogP contribution is 2.37. The first-order valence-corrected chi connectivity index (χ1v) is 21.6. The molecule has 0 saturated carbocycles. The van der Waals surface area contributed by atoms with E-state index in [1.54, 1.807) is 12.1 Å². The lowest BCUT2D eigenvalue weighted by Crippen LogP contribution is -2.65. The molecule has 3 atom stereocenters. The molecule has 5 aliphatic heterocycles. The molecule has 5 fully saturated rings. The monoisotopic (exact) mass is 829 g/mol. The number of piperazine rings is 1. The van der Waals surface area contributed by atoms with Crippen molar-refractivity contribution in [2.24, 2.45) is 0 Å². The molecule has 4 N–H and O–H groups in total. The maximum Gasteiger partial charge on any atom is 0.249 e. The number of nitrogens with two attached hydrogens (primary N) is 1. The van der Waals surface area contributed by atoms with Crippen molar-refractivity contribution in [3.8, 4) is 22.8 Å². The Bertz CT molecular complexity index is 2230. The number of para-hydroxylation sites is 1. The molecule has 4 aromatic rings. The third kappa shape index (κ3) is 8.80. The molecule has 2 bridgehead atoms. The van der Waals surface area contributed by atoms with Crippen LogP contribution in [0.4, 0.5) is 22.9 Å². The number of likely N-dealkylation sites (N-methyl/N-ethyl adjacent to an activating group) is 1. The zero-order valence-corrected chi connectivity index (χ0v) is 34.7. The van der Waals surface area contributed by atoms with Gasteiger partial charge in [-0.1, -0.05) is 30.3 Å². The Morgan fingerprint density at radius 3 is 2.41 bits per heavy atom. The second-order valence-electron chi connectivity index (χ2n) is 17.1. The molecule has 3 aromatic carbocycles. The van der Waals surface area contributed by atoms with Gasteiger partial charge in [-0.25, -0.2) is 0 Å². The average molecular weight is 830 g/mol. The standard InChI is InChI=1S/C46H55N9O6/c1-51(40-12-13-43(57)48-46(40)59)32-7-4-6-31(22-32)30-14-18-52(19-15-30)27-44(58)53-20-16-36(17-21-53)61-37-9-5-8-33(23-37)55-34-25-54(26-35(55)29-60-28-34)41-24-39(49-50-45(41)47)38-10-2-3-11-42(38)56/h2-11,22-24,30,34-36,40,56H,12-21,25-29H2,1H3,(H2,47,50)(H,48,57,59)/t34-,35?,40-/m0/s1. The Hall–Kier alpha value is -5.93. The molecule has 0 spiro atoms. The van der Waals surface area contributed by atoms with E-state index in [-0.39, 0.29) is 47.7 Å². The summed E-state index contributed by atoms with van der Waals surface area (Å²) in [4.78, 5) is 48.6. The summed E-state index contributed by atoms with van der Waals surface area (Å²) in [6.07, 6.45) is 4.40. The largest absolute Gasteiger partial charge is 0.507 e. The van der Waals surface area contributed by atoms with Crippen molar-refractivity contribution in [1.29, 1.82) is 0 Å². The number of piperidine rings is 3. The van der Waals surface area contributed by atoms with Gasteiger partial charge in [-0.15, -0.1) is 10.2 Å². The van der Waals surface area contributed by atoms with E-state index < -0.39 is 0 Å². The third-order valence-electron chi connectivity index (χ3n) is 13.2. The summed E-state index contributed by atoms with van der Waals surface area (Å²) in [5.41, 5.74) is 11.7. The number of nitrogens with zero attached hydrogens (tertiary/aromatic N) is 7. The first kappa shape index (κ1) is 40.5. The number of nitrogens with one attached hydrogen (secondary N) is 1. The first-order valence-electron chi connectivity index (χ1n) is 21.6. The number of morpholine rings is 1. The van der Waals surface area contributed by atoms with Crippen LogP contribution in [0, 0.1) is 0 Å². The molecule has 6 heterocycles. The number of carbonyl (C=O) groups excluding carboxylic acids is 3. The number of ether oxygens (including phenoxy) is 2. The Morgan fingerprint density at radius 2 is 1.66 bits per heavy atom. The molecule has 1 unspecified atom stereocenters. The molecule has 15 heteroatoms. The van der Waals surface area contributed by atoms with Gasteiger partial charge < -0.3 is 39.9 Å². The van der Waals surface area contributed by atoms with Crippen molar-refractivity contribution in [3.05, 3.63) is 84.4 Å². The molecular weight excluding hydrogens is 775 g/mol. The van der Waals surface area contributed by atoms with Gasteiger partial charge in [0.15, 0.2) is 5.82 Å². The number of imide groups is 1. The lowest BCUT2D eigenvalue weighted by Gasteiger charge is -2.51. The summed E-state index contributed by atoms with van der Waals surface area (Å²) in [5.74, 6) is 1.45. The van der Waals surface area contributed by atoms with Gasteiger partial charge in [0, 0.05) is 75.5 Å². The predicted octanol–water partition coefficient (Wildman–Crippen LogP) is 4.02. The van der Waals surface area contributed by atoms with E-state index in [4.69, 9.17) is 15.2 Å². The number of rotatable bonds is 10. The van der Waals surface area contributed by atoms with Crippen molar-refractivity contribution >= 4 is 40.6 Å². The number of carbonyl (C=O) groups is 3. The Morgan fingerprint density at radius 1 is 0.902 bits per heavy atom. The van der Waals surface area contributed by atoms with Crippen molar-refractivity contribution in [1.82, 2.24) is 25.3 Å². The molecule has 61 heavy (non-hydrogen) atoms. The van der Waals surface area contributed by atoms with E-state index >= 15 is 0 Å². The molecule has 3 amide bonds. The molecular formula is C46H55N9O6. The van der Waals surface area contributed by atoms with E-state index in [2.05, 4.69) is 60.5 Å². The SMILES string of the molecule is CN(c1cccc(C2CCN(CC(=O)N3CCC(Oc4cccc(N5C6COC[C@@H]5CN(c5cc(-c7ccccc7O)nnc5N)C6)c4)CC3)CC2)c1)[C@H]1CCC(=O)NC1=O. The number of aromatic nitrogens is 2. The molecule has 15 nitrogen and oxygen atoms in total. The quantitative estimate of drug-likeness (QED) is 0.196. The third-order valence-corrected chi connectivity index (χ3v) is 13.2. The van der Waals surface area contributed by atoms with Gasteiger partial charge in [-0.2, -0.15) is 0 Å².